The fraction of sp³-hybridized carbons (Fsp3) is 0.133. The van der Waals surface area contributed by atoms with Gasteiger partial charge in [-0.05, 0) is 43.2 Å². The van der Waals surface area contributed by atoms with Gasteiger partial charge < -0.3 is 0 Å². The molecule has 2 heterocycles. The lowest BCUT2D eigenvalue weighted by Gasteiger charge is -1.98. The van der Waals surface area contributed by atoms with Crippen LogP contribution in [0.25, 0.3) is 11.0 Å². The maximum absolute atomic E-state index is 10.6. The molecule has 0 aliphatic heterocycles. The van der Waals surface area contributed by atoms with E-state index in [1.807, 2.05) is 19.9 Å². The summed E-state index contributed by atoms with van der Waals surface area (Å²) in [5.41, 5.74) is 3.48. The van der Waals surface area contributed by atoms with Gasteiger partial charge in [-0.25, -0.2) is 9.98 Å². The molecule has 0 saturated carbocycles. The highest BCUT2D eigenvalue weighted by molar-refractivity contribution is 5.92. The quantitative estimate of drug-likeness (QED) is 0.455. The van der Waals surface area contributed by atoms with Gasteiger partial charge in [-0.2, -0.15) is 5.10 Å². The van der Waals surface area contributed by atoms with Crippen LogP contribution in [0.3, 0.4) is 0 Å². The van der Waals surface area contributed by atoms with Crippen molar-refractivity contribution in [3.63, 3.8) is 0 Å². The number of H-pyrrole nitrogens is 1. The Morgan fingerprint density at radius 2 is 2.00 bits per heavy atom. The number of nitrogens with zero attached hydrogens (tertiary/aromatic N) is 4. The number of hydrogen-bond acceptors (Lipinski definition) is 5. The molecular formula is C15H13N5O2. The minimum atomic E-state index is -0.431. The Balaban J connectivity index is 1.94. The lowest BCUT2D eigenvalue weighted by atomic mass is 10.2. The molecule has 0 atom stereocenters. The predicted molar refractivity (Wildman–Crippen MR) is 83.7 cm³/mol. The van der Waals surface area contributed by atoms with Crippen molar-refractivity contribution in [1.29, 1.82) is 0 Å². The maximum atomic E-state index is 10.6. The molecule has 1 aromatic carbocycles. The van der Waals surface area contributed by atoms with Gasteiger partial charge in [0.2, 0.25) is 0 Å². The Bertz CT molecular complexity index is 881. The zero-order valence-corrected chi connectivity index (χ0v) is 12.1. The molecule has 0 amide bonds. The van der Waals surface area contributed by atoms with Crippen LogP contribution in [0.4, 0.5) is 11.5 Å². The van der Waals surface area contributed by atoms with Crippen LogP contribution in [0.15, 0.2) is 35.3 Å². The first-order valence-corrected chi connectivity index (χ1v) is 6.65. The average molecular weight is 295 g/mol. The normalized spacial score (nSPS) is 11.4. The molecule has 0 bridgehead atoms. The summed E-state index contributed by atoms with van der Waals surface area (Å²) in [6, 6.07) is 8.15. The van der Waals surface area contributed by atoms with E-state index in [2.05, 4.69) is 20.2 Å². The molecule has 0 radical (unpaired) electrons. The summed E-state index contributed by atoms with van der Waals surface area (Å²) in [4.78, 5) is 18.9. The first-order chi connectivity index (χ1) is 10.5. The van der Waals surface area contributed by atoms with Gasteiger partial charge in [-0.1, -0.05) is 0 Å². The lowest BCUT2D eigenvalue weighted by molar-refractivity contribution is -0.384. The van der Waals surface area contributed by atoms with Crippen LogP contribution in [0.5, 0.6) is 0 Å². The molecule has 1 N–H and O–H groups in total. The van der Waals surface area contributed by atoms with Crippen molar-refractivity contribution >= 4 is 28.8 Å². The summed E-state index contributed by atoms with van der Waals surface area (Å²) >= 11 is 0. The number of aliphatic imine (C=N–C) groups is 1. The first kappa shape index (κ1) is 13.9. The average Bonchev–Trinajstić information content (AvgIpc) is 2.88. The van der Waals surface area contributed by atoms with Crippen molar-refractivity contribution in [2.75, 3.05) is 0 Å². The molecule has 0 saturated heterocycles. The van der Waals surface area contributed by atoms with Gasteiger partial charge in [0.25, 0.3) is 5.69 Å². The Labute approximate surface area is 125 Å². The third-order valence-corrected chi connectivity index (χ3v) is 3.28. The van der Waals surface area contributed by atoms with E-state index in [0.717, 1.165) is 22.2 Å². The highest BCUT2D eigenvalue weighted by Crippen LogP contribution is 2.25. The van der Waals surface area contributed by atoms with Crippen LogP contribution >= 0.6 is 0 Å². The van der Waals surface area contributed by atoms with E-state index in [4.69, 9.17) is 0 Å². The number of aromatic amines is 1. The Hall–Kier alpha value is -3.09. The molecule has 0 fully saturated rings. The van der Waals surface area contributed by atoms with Gasteiger partial charge in [0.15, 0.2) is 11.5 Å². The smallest absolute Gasteiger partial charge is 0.259 e. The topological polar surface area (TPSA) is 97.1 Å². The van der Waals surface area contributed by atoms with Gasteiger partial charge in [0, 0.05) is 24.0 Å². The van der Waals surface area contributed by atoms with Crippen molar-refractivity contribution in [2.45, 2.75) is 13.8 Å². The Kier molecular flexibility index (Phi) is 3.38. The molecule has 22 heavy (non-hydrogen) atoms. The summed E-state index contributed by atoms with van der Waals surface area (Å²) < 4.78 is 0. The fourth-order valence-corrected chi connectivity index (χ4v) is 2.27. The largest absolute Gasteiger partial charge is 0.269 e. The summed E-state index contributed by atoms with van der Waals surface area (Å²) in [7, 11) is 0. The molecular weight excluding hydrogens is 282 g/mol. The van der Waals surface area contributed by atoms with E-state index in [9.17, 15) is 10.1 Å². The molecule has 7 nitrogen and oxygen atoms in total. The van der Waals surface area contributed by atoms with E-state index in [-0.39, 0.29) is 5.69 Å². The minimum absolute atomic E-state index is 0.0536. The van der Waals surface area contributed by atoms with Crippen LogP contribution < -0.4 is 0 Å². The monoisotopic (exact) mass is 295 g/mol. The molecule has 2 aromatic heterocycles. The van der Waals surface area contributed by atoms with Gasteiger partial charge in [-0.3, -0.25) is 15.2 Å². The van der Waals surface area contributed by atoms with Gasteiger partial charge in [0.05, 0.1) is 10.3 Å². The van der Waals surface area contributed by atoms with Crippen LogP contribution in [0.2, 0.25) is 0 Å². The van der Waals surface area contributed by atoms with Crippen LogP contribution in [-0.2, 0) is 0 Å². The van der Waals surface area contributed by atoms with Crippen LogP contribution in [0, 0.1) is 24.0 Å². The summed E-state index contributed by atoms with van der Waals surface area (Å²) in [5.74, 6) is 0.554. The number of aromatic nitrogens is 3. The highest BCUT2D eigenvalue weighted by Gasteiger charge is 2.09. The molecule has 3 aromatic rings. The molecule has 0 aliphatic rings. The van der Waals surface area contributed by atoms with Crippen LogP contribution in [0.1, 0.15) is 16.8 Å². The second-order valence-electron chi connectivity index (χ2n) is 4.96. The number of nitrogens with one attached hydrogen (secondary N) is 1. The molecule has 0 aliphatic carbocycles. The summed E-state index contributed by atoms with van der Waals surface area (Å²) in [5, 5.41) is 18.5. The Morgan fingerprint density at radius 1 is 1.27 bits per heavy atom. The van der Waals surface area contributed by atoms with Crippen LogP contribution in [-0.4, -0.2) is 26.3 Å². The Morgan fingerprint density at radius 3 is 2.68 bits per heavy atom. The van der Waals surface area contributed by atoms with Gasteiger partial charge in [-0.15, -0.1) is 0 Å². The standard InChI is InChI=1S/C15H13N5O2/c1-9-7-10(2)17-15-13(9)14(18-19-15)16-8-11-3-5-12(6-4-11)20(21)22/h3-8H,1-2H3,(H,17,18,19). The summed E-state index contributed by atoms with van der Waals surface area (Å²) in [6.07, 6.45) is 1.62. The third-order valence-electron chi connectivity index (χ3n) is 3.28. The van der Waals surface area contributed by atoms with E-state index >= 15 is 0 Å². The van der Waals surface area contributed by atoms with Crippen molar-refractivity contribution in [2.24, 2.45) is 4.99 Å². The lowest BCUT2D eigenvalue weighted by Crippen LogP contribution is -1.88. The zero-order chi connectivity index (χ0) is 15.7. The second kappa shape index (κ2) is 5.36. The van der Waals surface area contributed by atoms with Crippen molar-refractivity contribution in [3.05, 3.63) is 57.3 Å². The minimum Gasteiger partial charge on any atom is -0.259 e. The van der Waals surface area contributed by atoms with Gasteiger partial charge >= 0.3 is 0 Å². The number of pyridine rings is 1. The van der Waals surface area contributed by atoms with E-state index in [0.29, 0.717) is 11.5 Å². The van der Waals surface area contributed by atoms with E-state index in [1.54, 1.807) is 18.3 Å². The highest BCUT2D eigenvalue weighted by atomic mass is 16.6. The fourth-order valence-electron chi connectivity index (χ4n) is 2.27. The van der Waals surface area contributed by atoms with Gasteiger partial charge in [0.1, 0.15) is 0 Å². The number of benzene rings is 1. The number of nitro groups is 1. The number of rotatable bonds is 3. The second-order valence-corrected chi connectivity index (χ2v) is 4.96. The number of non-ortho nitro benzene ring substituents is 1. The molecule has 0 spiro atoms. The summed E-state index contributed by atoms with van der Waals surface area (Å²) in [6.45, 7) is 3.91. The molecule has 110 valence electrons. The van der Waals surface area contributed by atoms with E-state index in [1.165, 1.54) is 12.1 Å². The maximum Gasteiger partial charge on any atom is 0.269 e. The number of aryl methyl sites for hydroxylation is 2. The predicted octanol–water partition coefficient (Wildman–Crippen LogP) is 3.23. The number of hydrogen-bond donors (Lipinski definition) is 1. The molecule has 7 heteroatoms. The number of nitro benzene ring substituents is 1. The van der Waals surface area contributed by atoms with Crippen molar-refractivity contribution in [3.8, 4) is 0 Å². The first-order valence-electron chi connectivity index (χ1n) is 6.65. The third kappa shape index (κ3) is 2.56. The molecule has 0 unspecified atom stereocenters. The van der Waals surface area contributed by atoms with Crippen molar-refractivity contribution < 1.29 is 4.92 Å². The van der Waals surface area contributed by atoms with Crippen molar-refractivity contribution in [1.82, 2.24) is 15.2 Å². The zero-order valence-electron chi connectivity index (χ0n) is 12.1. The number of fused-ring (bicyclic) bond motifs is 1. The molecule has 3 rings (SSSR count). The van der Waals surface area contributed by atoms with E-state index < -0.39 is 4.92 Å². The SMILES string of the molecule is Cc1cc(C)c2c(N=Cc3ccc([N+](=O)[O-])cc3)n[nH]c2n1.